The summed E-state index contributed by atoms with van der Waals surface area (Å²) in [6, 6.07) is 21.0. The number of benzene rings is 3. The second-order valence-corrected chi connectivity index (χ2v) is 6.58. The summed E-state index contributed by atoms with van der Waals surface area (Å²) < 4.78 is 16.9. The second-order valence-electron chi connectivity index (χ2n) is 6.14. The maximum absolute atomic E-state index is 5.90. The molecule has 136 valence electrons. The Balaban J connectivity index is 1.56. The van der Waals surface area contributed by atoms with Crippen molar-refractivity contribution >= 4 is 22.7 Å². The molecule has 27 heavy (non-hydrogen) atoms. The van der Waals surface area contributed by atoms with Crippen molar-refractivity contribution in [3.8, 4) is 23.0 Å². The van der Waals surface area contributed by atoms with E-state index in [4.69, 9.17) is 25.5 Å². The third-order valence-corrected chi connectivity index (χ3v) is 4.46. The van der Waals surface area contributed by atoms with Crippen LogP contribution in [0.15, 0.2) is 71.1 Å². The Hall–Kier alpha value is -2.82. The summed E-state index contributed by atoms with van der Waals surface area (Å²) in [5.41, 5.74) is 3.62. The van der Waals surface area contributed by atoms with E-state index in [1.54, 1.807) is 19.2 Å². The highest BCUT2D eigenvalue weighted by Gasteiger charge is 2.10. The number of aromatic nitrogens is 1. The van der Waals surface area contributed by atoms with Gasteiger partial charge in [0, 0.05) is 23.8 Å². The Kier molecular flexibility index (Phi) is 5.10. The second kappa shape index (κ2) is 7.82. The first-order valence-electron chi connectivity index (χ1n) is 8.63. The van der Waals surface area contributed by atoms with Crippen molar-refractivity contribution in [2.24, 2.45) is 0 Å². The zero-order chi connectivity index (χ0) is 18.6. The molecule has 0 saturated carbocycles. The lowest BCUT2D eigenvalue weighted by Gasteiger charge is -2.04. The van der Waals surface area contributed by atoms with Gasteiger partial charge in [0.15, 0.2) is 5.58 Å². The standard InChI is InChI=1S/C22H18ClNO3/c1-25-13-12-15-2-4-16(5-3-15)22-24-20-14-19(10-11-21(20)27-22)26-18-8-6-17(23)7-9-18/h2-11,14H,12-13H2,1H3. The smallest absolute Gasteiger partial charge is 0.227 e. The van der Waals surface area contributed by atoms with Gasteiger partial charge >= 0.3 is 0 Å². The number of hydrogen-bond acceptors (Lipinski definition) is 4. The topological polar surface area (TPSA) is 44.5 Å². The lowest BCUT2D eigenvalue weighted by atomic mass is 10.1. The molecule has 0 aliphatic carbocycles. The fourth-order valence-electron chi connectivity index (χ4n) is 2.77. The van der Waals surface area contributed by atoms with Crippen molar-refractivity contribution in [1.82, 2.24) is 4.98 Å². The van der Waals surface area contributed by atoms with Gasteiger partial charge in [0.25, 0.3) is 0 Å². The average Bonchev–Trinajstić information content (AvgIpc) is 3.12. The van der Waals surface area contributed by atoms with Gasteiger partial charge in [-0.25, -0.2) is 4.98 Å². The quantitative estimate of drug-likeness (QED) is 0.404. The lowest BCUT2D eigenvalue weighted by molar-refractivity contribution is 0.202. The minimum atomic E-state index is 0.590. The van der Waals surface area contributed by atoms with Crippen LogP contribution in [0.5, 0.6) is 11.5 Å². The van der Waals surface area contributed by atoms with Gasteiger partial charge in [0.2, 0.25) is 5.89 Å². The van der Waals surface area contributed by atoms with Gasteiger partial charge in [-0.3, -0.25) is 0 Å². The van der Waals surface area contributed by atoms with Crippen molar-refractivity contribution in [2.45, 2.75) is 6.42 Å². The van der Waals surface area contributed by atoms with Gasteiger partial charge in [-0.15, -0.1) is 0 Å². The first kappa shape index (κ1) is 17.6. The number of nitrogens with zero attached hydrogens (tertiary/aromatic N) is 1. The number of methoxy groups -OCH3 is 1. The molecule has 4 rings (SSSR count). The molecule has 0 radical (unpaired) electrons. The van der Waals surface area contributed by atoms with Crippen LogP contribution in [0.2, 0.25) is 5.02 Å². The average molecular weight is 380 g/mol. The van der Waals surface area contributed by atoms with Gasteiger partial charge in [-0.05, 0) is 60.5 Å². The number of rotatable bonds is 6. The summed E-state index contributed by atoms with van der Waals surface area (Å²) in [6.07, 6.45) is 0.885. The Morgan fingerprint density at radius 3 is 2.41 bits per heavy atom. The Labute approximate surface area is 162 Å². The van der Waals surface area contributed by atoms with Crippen LogP contribution in [-0.4, -0.2) is 18.7 Å². The zero-order valence-electron chi connectivity index (χ0n) is 14.8. The summed E-state index contributed by atoms with van der Waals surface area (Å²) in [4.78, 5) is 4.60. The highest BCUT2D eigenvalue weighted by molar-refractivity contribution is 6.30. The molecule has 0 bridgehead atoms. The highest BCUT2D eigenvalue weighted by atomic mass is 35.5. The Morgan fingerprint density at radius 1 is 0.926 bits per heavy atom. The Morgan fingerprint density at radius 2 is 1.67 bits per heavy atom. The minimum Gasteiger partial charge on any atom is -0.457 e. The number of hydrogen-bond donors (Lipinski definition) is 0. The van der Waals surface area contributed by atoms with E-state index < -0.39 is 0 Å². The van der Waals surface area contributed by atoms with Crippen LogP contribution in [0, 0.1) is 0 Å². The molecule has 4 nitrogen and oxygen atoms in total. The minimum absolute atomic E-state index is 0.590. The molecule has 4 aromatic rings. The van der Waals surface area contributed by atoms with E-state index in [9.17, 15) is 0 Å². The molecule has 0 fully saturated rings. The van der Waals surface area contributed by atoms with Gasteiger partial charge in [-0.1, -0.05) is 23.7 Å². The van der Waals surface area contributed by atoms with Crippen molar-refractivity contribution in [1.29, 1.82) is 0 Å². The van der Waals surface area contributed by atoms with Gasteiger partial charge in [0.1, 0.15) is 17.0 Å². The van der Waals surface area contributed by atoms with Crippen molar-refractivity contribution in [3.05, 3.63) is 77.3 Å². The molecule has 0 atom stereocenters. The van der Waals surface area contributed by atoms with E-state index in [0.29, 0.717) is 29.0 Å². The van der Waals surface area contributed by atoms with Crippen LogP contribution >= 0.6 is 11.6 Å². The predicted molar refractivity (Wildman–Crippen MR) is 107 cm³/mol. The summed E-state index contributed by atoms with van der Waals surface area (Å²) in [5.74, 6) is 2.00. The molecule has 0 spiro atoms. The molecular weight excluding hydrogens is 362 g/mol. The molecule has 0 aliphatic heterocycles. The number of fused-ring (bicyclic) bond motifs is 1. The van der Waals surface area contributed by atoms with E-state index in [1.807, 2.05) is 42.5 Å². The van der Waals surface area contributed by atoms with E-state index in [2.05, 4.69) is 17.1 Å². The van der Waals surface area contributed by atoms with Crippen LogP contribution < -0.4 is 4.74 Å². The largest absolute Gasteiger partial charge is 0.457 e. The fourth-order valence-corrected chi connectivity index (χ4v) is 2.89. The van der Waals surface area contributed by atoms with Crippen LogP contribution in [0.4, 0.5) is 0 Å². The van der Waals surface area contributed by atoms with E-state index in [-0.39, 0.29) is 0 Å². The Bertz CT molecular complexity index is 1040. The molecule has 0 unspecified atom stereocenters. The van der Waals surface area contributed by atoms with E-state index >= 15 is 0 Å². The summed E-state index contributed by atoms with van der Waals surface area (Å²) >= 11 is 5.90. The SMILES string of the molecule is COCCc1ccc(-c2nc3cc(Oc4ccc(Cl)cc4)ccc3o2)cc1. The van der Waals surface area contributed by atoms with Gasteiger partial charge in [0.05, 0.1) is 6.61 Å². The van der Waals surface area contributed by atoms with Crippen molar-refractivity contribution in [2.75, 3.05) is 13.7 Å². The van der Waals surface area contributed by atoms with Crippen molar-refractivity contribution in [3.63, 3.8) is 0 Å². The van der Waals surface area contributed by atoms with E-state index in [0.717, 1.165) is 23.1 Å². The highest BCUT2D eigenvalue weighted by Crippen LogP contribution is 2.29. The molecule has 1 heterocycles. The number of oxazole rings is 1. The van der Waals surface area contributed by atoms with Gasteiger partial charge < -0.3 is 13.9 Å². The number of halogens is 1. The zero-order valence-corrected chi connectivity index (χ0v) is 15.6. The van der Waals surface area contributed by atoms with Gasteiger partial charge in [-0.2, -0.15) is 0 Å². The van der Waals surface area contributed by atoms with Crippen LogP contribution in [0.3, 0.4) is 0 Å². The molecule has 0 aliphatic rings. The normalized spacial score (nSPS) is 11.0. The first-order chi connectivity index (χ1) is 13.2. The molecule has 0 amide bonds. The maximum atomic E-state index is 5.90. The summed E-state index contributed by atoms with van der Waals surface area (Å²) in [5, 5.41) is 0.673. The fraction of sp³-hybridized carbons (Fsp3) is 0.136. The first-order valence-corrected chi connectivity index (χ1v) is 9.01. The molecule has 3 aromatic carbocycles. The number of ether oxygens (including phenoxy) is 2. The molecular formula is C22H18ClNO3. The third-order valence-electron chi connectivity index (χ3n) is 4.20. The van der Waals surface area contributed by atoms with Crippen LogP contribution in [0.25, 0.3) is 22.6 Å². The third kappa shape index (κ3) is 4.13. The molecule has 1 aromatic heterocycles. The lowest BCUT2D eigenvalue weighted by Crippen LogP contribution is -1.93. The molecule has 5 heteroatoms. The molecule has 0 N–H and O–H groups in total. The summed E-state index contributed by atoms with van der Waals surface area (Å²) in [7, 11) is 1.71. The van der Waals surface area contributed by atoms with Crippen molar-refractivity contribution < 1.29 is 13.9 Å². The monoisotopic (exact) mass is 379 g/mol. The summed E-state index contributed by atoms with van der Waals surface area (Å²) in [6.45, 7) is 0.707. The predicted octanol–water partition coefficient (Wildman–Crippen LogP) is 6.13. The van der Waals surface area contributed by atoms with Crippen LogP contribution in [-0.2, 0) is 11.2 Å². The maximum Gasteiger partial charge on any atom is 0.227 e. The van der Waals surface area contributed by atoms with Crippen LogP contribution in [0.1, 0.15) is 5.56 Å². The molecule has 0 saturated heterocycles. The van der Waals surface area contributed by atoms with E-state index in [1.165, 1.54) is 5.56 Å².